The average molecular weight is 468 g/mol. The molecule has 5 nitrogen and oxygen atoms in total. The molecule has 3 aromatic rings. The van der Waals surface area contributed by atoms with Crippen LogP contribution in [0.4, 0.5) is 14.9 Å². The molecular formula is C26H30FN3O2S. The molecule has 0 aliphatic carbocycles. The first-order valence-corrected chi connectivity index (χ1v) is 11.9. The van der Waals surface area contributed by atoms with E-state index in [4.69, 9.17) is 0 Å². The van der Waals surface area contributed by atoms with E-state index in [9.17, 15) is 14.0 Å². The number of amides is 3. The SMILES string of the molecule is Cc1ccsc1CN(Cc1ccccc1)C(=O)CN(CC(C)C)C(=O)Nc1cccc(F)c1. The topological polar surface area (TPSA) is 52.7 Å². The summed E-state index contributed by atoms with van der Waals surface area (Å²) in [4.78, 5) is 30.8. The van der Waals surface area contributed by atoms with Gasteiger partial charge in [-0.25, -0.2) is 9.18 Å². The number of nitrogens with one attached hydrogen (secondary N) is 1. The predicted molar refractivity (Wildman–Crippen MR) is 132 cm³/mol. The van der Waals surface area contributed by atoms with Gasteiger partial charge in [0.2, 0.25) is 5.91 Å². The van der Waals surface area contributed by atoms with E-state index in [1.54, 1.807) is 22.3 Å². The maximum absolute atomic E-state index is 13.5. The number of anilines is 1. The molecule has 0 saturated carbocycles. The highest BCUT2D eigenvalue weighted by Gasteiger charge is 2.23. The molecule has 1 heterocycles. The molecule has 0 aliphatic heterocycles. The van der Waals surface area contributed by atoms with Crippen molar-refractivity contribution < 1.29 is 14.0 Å². The first-order chi connectivity index (χ1) is 15.8. The Balaban J connectivity index is 1.77. The number of rotatable bonds is 9. The molecule has 0 saturated heterocycles. The molecule has 3 rings (SSSR count). The Labute approximate surface area is 198 Å². The number of thiophene rings is 1. The van der Waals surface area contributed by atoms with Crippen LogP contribution < -0.4 is 5.32 Å². The van der Waals surface area contributed by atoms with Crippen LogP contribution in [0.5, 0.6) is 0 Å². The zero-order valence-corrected chi connectivity index (χ0v) is 20.1. The summed E-state index contributed by atoms with van der Waals surface area (Å²) >= 11 is 1.62. The van der Waals surface area contributed by atoms with E-state index in [0.29, 0.717) is 25.3 Å². The average Bonchev–Trinajstić information content (AvgIpc) is 3.17. The summed E-state index contributed by atoms with van der Waals surface area (Å²) < 4.78 is 13.5. The van der Waals surface area contributed by atoms with Gasteiger partial charge in [-0.1, -0.05) is 50.2 Å². The van der Waals surface area contributed by atoms with E-state index in [1.807, 2.05) is 62.5 Å². The number of carbonyl (C=O) groups is 2. The fraction of sp³-hybridized carbons (Fsp3) is 0.308. The fourth-order valence-electron chi connectivity index (χ4n) is 3.47. The number of hydrogen-bond donors (Lipinski definition) is 1. The van der Waals surface area contributed by atoms with Crippen LogP contribution in [-0.2, 0) is 17.9 Å². The van der Waals surface area contributed by atoms with Gasteiger partial charge in [-0.15, -0.1) is 11.3 Å². The van der Waals surface area contributed by atoms with Crippen LogP contribution in [0.2, 0.25) is 0 Å². The molecule has 1 N–H and O–H groups in total. The molecule has 1 aromatic heterocycles. The van der Waals surface area contributed by atoms with Crippen LogP contribution in [0.25, 0.3) is 0 Å². The normalized spacial score (nSPS) is 10.8. The number of halogens is 1. The molecule has 3 amide bonds. The van der Waals surface area contributed by atoms with Crippen molar-refractivity contribution in [2.75, 3.05) is 18.4 Å². The molecule has 0 atom stereocenters. The Morgan fingerprint density at radius 1 is 1.00 bits per heavy atom. The second-order valence-corrected chi connectivity index (χ2v) is 9.48. The first-order valence-electron chi connectivity index (χ1n) is 11.0. The van der Waals surface area contributed by atoms with Gasteiger partial charge in [0, 0.05) is 23.7 Å². The van der Waals surface area contributed by atoms with Gasteiger partial charge in [0.25, 0.3) is 0 Å². The minimum absolute atomic E-state index is 0.0589. The molecule has 174 valence electrons. The van der Waals surface area contributed by atoms with E-state index in [1.165, 1.54) is 23.1 Å². The van der Waals surface area contributed by atoms with Crippen molar-refractivity contribution in [3.05, 3.63) is 87.9 Å². The lowest BCUT2D eigenvalue weighted by Gasteiger charge is -2.29. The Kier molecular flexibility index (Phi) is 8.60. The van der Waals surface area contributed by atoms with E-state index in [0.717, 1.165) is 16.0 Å². The zero-order valence-electron chi connectivity index (χ0n) is 19.3. The number of nitrogens with zero attached hydrogens (tertiary/aromatic N) is 2. The maximum atomic E-state index is 13.5. The summed E-state index contributed by atoms with van der Waals surface area (Å²) in [5.41, 5.74) is 2.53. The van der Waals surface area contributed by atoms with E-state index < -0.39 is 11.8 Å². The van der Waals surface area contributed by atoms with Crippen LogP contribution in [0.15, 0.2) is 66.0 Å². The van der Waals surface area contributed by atoms with Gasteiger partial charge >= 0.3 is 6.03 Å². The Morgan fingerprint density at radius 3 is 2.39 bits per heavy atom. The van der Waals surface area contributed by atoms with Gasteiger partial charge in [0.15, 0.2) is 0 Å². The summed E-state index contributed by atoms with van der Waals surface area (Å²) in [6.45, 7) is 7.30. The van der Waals surface area contributed by atoms with Crippen molar-refractivity contribution in [1.82, 2.24) is 9.80 Å². The van der Waals surface area contributed by atoms with Crippen molar-refractivity contribution in [3.8, 4) is 0 Å². The molecule has 0 unspecified atom stereocenters. The van der Waals surface area contributed by atoms with Crippen LogP contribution in [0, 0.1) is 18.7 Å². The molecule has 0 spiro atoms. The molecule has 0 radical (unpaired) electrons. The van der Waals surface area contributed by atoms with Gasteiger partial charge in [-0.3, -0.25) is 4.79 Å². The highest BCUT2D eigenvalue weighted by molar-refractivity contribution is 7.10. The lowest BCUT2D eigenvalue weighted by molar-refractivity contribution is -0.133. The van der Waals surface area contributed by atoms with Crippen molar-refractivity contribution in [3.63, 3.8) is 0 Å². The van der Waals surface area contributed by atoms with Gasteiger partial charge in [-0.2, -0.15) is 0 Å². The van der Waals surface area contributed by atoms with E-state index >= 15 is 0 Å². The highest BCUT2D eigenvalue weighted by Crippen LogP contribution is 2.20. The lowest BCUT2D eigenvalue weighted by atomic mass is 10.2. The highest BCUT2D eigenvalue weighted by atomic mass is 32.1. The minimum atomic E-state index is -0.431. The van der Waals surface area contributed by atoms with Crippen molar-refractivity contribution in [2.24, 2.45) is 5.92 Å². The maximum Gasteiger partial charge on any atom is 0.322 e. The van der Waals surface area contributed by atoms with E-state index in [2.05, 4.69) is 5.32 Å². The van der Waals surface area contributed by atoms with Crippen molar-refractivity contribution in [2.45, 2.75) is 33.9 Å². The van der Waals surface area contributed by atoms with Gasteiger partial charge in [-0.05, 0) is 53.6 Å². The Bertz CT molecular complexity index is 1070. The summed E-state index contributed by atoms with van der Waals surface area (Å²) in [5, 5.41) is 4.74. The molecule has 7 heteroatoms. The molecule has 0 fully saturated rings. The largest absolute Gasteiger partial charge is 0.332 e. The standard InChI is InChI=1S/C26H30FN3O2S/c1-19(2)15-30(26(32)28-23-11-7-10-22(27)14-23)18-25(31)29(16-21-8-5-4-6-9-21)17-24-20(3)12-13-33-24/h4-14,19H,15-18H2,1-3H3,(H,28,32). The molecule has 33 heavy (non-hydrogen) atoms. The van der Waals surface area contributed by atoms with Crippen LogP contribution in [0.1, 0.15) is 29.9 Å². The zero-order chi connectivity index (χ0) is 23.8. The van der Waals surface area contributed by atoms with Crippen LogP contribution in [0.3, 0.4) is 0 Å². The summed E-state index contributed by atoms with van der Waals surface area (Å²) in [6.07, 6.45) is 0. The molecular weight excluding hydrogens is 437 g/mol. The van der Waals surface area contributed by atoms with Crippen LogP contribution in [-0.4, -0.2) is 34.8 Å². The number of hydrogen-bond acceptors (Lipinski definition) is 3. The molecule has 0 bridgehead atoms. The number of urea groups is 1. The third-order valence-corrected chi connectivity index (χ3v) is 6.15. The van der Waals surface area contributed by atoms with Gasteiger partial charge in [0.1, 0.15) is 12.4 Å². The summed E-state index contributed by atoms with van der Waals surface area (Å²) in [6, 6.07) is 17.2. The van der Waals surface area contributed by atoms with Gasteiger partial charge in [0.05, 0.1) is 6.54 Å². The summed E-state index contributed by atoms with van der Waals surface area (Å²) in [5.74, 6) is -0.403. The fourth-order valence-corrected chi connectivity index (χ4v) is 4.39. The second kappa shape index (κ2) is 11.6. The monoisotopic (exact) mass is 467 g/mol. The summed E-state index contributed by atoms with van der Waals surface area (Å²) in [7, 11) is 0. The molecule has 2 aromatic carbocycles. The third-order valence-electron chi connectivity index (χ3n) is 5.15. The van der Waals surface area contributed by atoms with E-state index in [-0.39, 0.29) is 18.4 Å². The lowest BCUT2D eigenvalue weighted by Crippen LogP contribution is -2.45. The Morgan fingerprint density at radius 2 is 1.76 bits per heavy atom. The third kappa shape index (κ3) is 7.43. The minimum Gasteiger partial charge on any atom is -0.332 e. The van der Waals surface area contributed by atoms with Crippen molar-refractivity contribution >= 4 is 29.0 Å². The molecule has 0 aliphatic rings. The second-order valence-electron chi connectivity index (χ2n) is 8.48. The van der Waals surface area contributed by atoms with Crippen LogP contribution >= 0.6 is 11.3 Å². The smallest absolute Gasteiger partial charge is 0.322 e. The quantitative estimate of drug-likeness (QED) is 0.425. The Hall–Kier alpha value is -3.19. The number of aryl methyl sites for hydroxylation is 1. The number of carbonyl (C=O) groups excluding carboxylic acids is 2. The number of benzene rings is 2. The predicted octanol–water partition coefficient (Wildman–Crippen LogP) is 5.91. The first kappa shape index (κ1) is 24.5. The van der Waals surface area contributed by atoms with Crippen molar-refractivity contribution in [1.29, 1.82) is 0 Å². The van der Waals surface area contributed by atoms with Gasteiger partial charge < -0.3 is 15.1 Å².